The third-order valence-electron chi connectivity index (χ3n) is 2.89. The summed E-state index contributed by atoms with van der Waals surface area (Å²) in [6.07, 6.45) is 2.31. The SMILES string of the molecule is CCC(CC)C(=O)Nc1cc(F)ccc1NS(C)(=O)=O. The largest absolute Gasteiger partial charge is 0.324 e. The van der Waals surface area contributed by atoms with Crippen LogP contribution in [0.1, 0.15) is 26.7 Å². The van der Waals surface area contributed by atoms with Crippen LogP contribution in [0.15, 0.2) is 18.2 Å². The second kappa shape index (κ2) is 6.69. The lowest BCUT2D eigenvalue weighted by Gasteiger charge is -2.16. The zero-order chi connectivity index (χ0) is 15.3. The predicted octanol–water partition coefficient (Wildman–Crippen LogP) is 2.57. The average Bonchev–Trinajstić information content (AvgIpc) is 2.32. The first-order valence-electron chi connectivity index (χ1n) is 6.35. The van der Waals surface area contributed by atoms with Crippen molar-refractivity contribution in [3.05, 3.63) is 24.0 Å². The molecule has 20 heavy (non-hydrogen) atoms. The van der Waals surface area contributed by atoms with Gasteiger partial charge in [-0.05, 0) is 31.0 Å². The van der Waals surface area contributed by atoms with Gasteiger partial charge in [-0.2, -0.15) is 0 Å². The summed E-state index contributed by atoms with van der Waals surface area (Å²) in [5.41, 5.74) is 0.264. The Bertz CT molecular complexity index is 583. The van der Waals surface area contributed by atoms with Crippen molar-refractivity contribution in [2.24, 2.45) is 5.92 Å². The number of halogens is 1. The van der Waals surface area contributed by atoms with Gasteiger partial charge in [-0.1, -0.05) is 13.8 Å². The van der Waals surface area contributed by atoms with Crippen LogP contribution in [0.4, 0.5) is 15.8 Å². The number of carbonyl (C=O) groups excluding carboxylic acids is 1. The molecule has 0 aliphatic rings. The maximum absolute atomic E-state index is 13.3. The van der Waals surface area contributed by atoms with Gasteiger partial charge in [0.25, 0.3) is 0 Å². The molecule has 7 heteroatoms. The summed E-state index contributed by atoms with van der Waals surface area (Å²) in [7, 11) is -3.50. The number of hydrogen-bond acceptors (Lipinski definition) is 3. The van der Waals surface area contributed by atoms with Crippen molar-refractivity contribution in [1.82, 2.24) is 0 Å². The minimum absolute atomic E-state index is 0.118. The normalized spacial score (nSPS) is 11.4. The third-order valence-corrected chi connectivity index (χ3v) is 3.48. The lowest BCUT2D eigenvalue weighted by atomic mass is 10.0. The molecule has 2 N–H and O–H groups in total. The summed E-state index contributed by atoms with van der Waals surface area (Å²) in [5.74, 6) is -0.995. The second-order valence-corrected chi connectivity index (χ2v) is 6.32. The van der Waals surface area contributed by atoms with E-state index >= 15 is 0 Å². The molecule has 0 unspecified atom stereocenters. The Morgan fingerprint density at radius 1 is 1.25 bits per heavy atom. The molecule has 1 amide bonds. The molecule has 1 aromatic carbocycles. The Morgan fingerprint density at radius 2 is 1.85 bits per heavy atom. The van der Waals surface area contributed by atoms with E-state index in [2.05, 4.69) is 10.0 Å². The number of rotatable bonds is 6. The summed E-state index contributed by atoms with van der Waals surface area (Å²) in [5, 5.41) is 2.57. The lowest BCUT2D eigenvalue weighted by molar-refractivity contribution is -0.120. The first-order chi connectivity index (χ1) is 9.26. The number of benzene rings is 1. The van der Waals surface area contributed by atoms with Gasteiger partial charge in [0.1, 0.15) is 5.82 Å². The van der Waals surface area contributed by atoms with E-state index < -0.39 is 15.8 Å². The van der Waals surface area contributed by atoms with Gasteiger partial charge in [0.15, 0.2) is 0 Å². The number of sulfonamides is 1. The Labute approximate surface area is 118 Å². The Hall–Kier alpha value is -1.63. The van der Waals surface area contributed by atoms with Crippen molar-refractivity contribution < 1.29 is 17.6 Å². The van der Waals surface area contributed by atoms with Crippen LogP contribution in [0.5, 0.6) is 0 Å². The molecule has 0 radical (unpaired) electrons. The van der Waals surface area contributed by atoms with Crippen molar-refractivity contribution in [2.75, 3.05) is 16.3 Å². The first-order valence-corrected chi connectivity index (χ1v) is 8.24. The number of carbonyl (C=O) groups is 1. The number of nitrogens with one attached hydrogen (secondary N) is 2. The van der Waals surface area contributed by atoms with Gasteiger partial charge in [0.2, 0.25) is 15.9 Å². The van der Waals surface area contributed by atoms with Crippen LogP contribution in [0.2, 0.25) is 0 Å². The molecular weight excluding hydrogens is 283 g/mol. The van der Waals surface area contributed by atoms with Crippen molar-refractivity contribution in [2.45, 2.75) is 26.7 Å². The fraction of sp³-hybridized carbons (Fsp3) is 0.462. The molecule has 0 aromatic heterocycles. The molecule has 5 nitrogen and oxygen atoms in total. The van der Waals surface area contributed by atoms with E-state index in [9.17, 15) is 17.6 Å². The zero-order valence-electron chi connectivity index (χ0n) is 11.7. The molecule has 0 saturated heterocycles. The highest BCUT2D eigenvalue weighted by molar-refractivity contribution is 7.92. The Kier molecular flexibility index (Phi) is 5.50. The van der Waals surface area contributed by atoms with Gasteiger partial charge in [0, 0.05) is 5.92 Å². The van der Waals surface area contributed by atoms with Gasteiger partial charge < -0.3 is 5.32 Å². The maximum atomic E-state index is 13.3. The molecule has 0 aliphatic carbocycles. The Balaban J connectivity index is 3.04. The number of anilines is 2. The van der Waals surface area contributed by atoms with Gasteiger partial charge >= 0.3 is 0 Å². The van der Waals surface area contributed by atoms with Gasteiger partial charge in [0.05, 0.1) is 17.6 Å². The van der Waals surface area contributed by atoms with Crippen LogP contribution in [0.3, 0.4) is 0 Å². The van der Waals surface area contributed by atoms with Gasteiger partial charge in [-0.25, -0.2) is 12.8 Å². The van der Waals surface area contributed by atoms with E-state index in [0.29, 0.717) is 12.8 Å². The molecule has 0 spiro atoms. The molecule has 0 fully saturated rings. The molecule has 0 saturated carbocycles. The van der Waals surface area contributed by atoms with Crippen molar-refractivity contribution in [3.63, 3.8) is 0 Å². The van der Waals surface area contributed by atoms with Crippen LogP contribution >= 0.6 is 0 Å². The molecule has 0 aliphatic heterocycles. The fourth-order valence-electron chi connectivity index (χ4n) is 1.80. The van der Waals surface area contributed by atoms with Crippen molar-refractivity contribution >= 4 is 27.3 Å². The minimum Gasteiger partial charge on any atom is -0.324 e. The highest BCUT2D eigenvalue weighted by Crippen LogP contribution is 2.25. The van der Waals surface area contributed by atoms with Crippen LogP contribution in [0, 0.1) is 11.7 Å². The number of amides is 1. The first kappa shape index (κ1) is 16.4. The third kappa shape index (κ3) is 4.80. The highest BCUT2D eigenvalue weighted by atomic mass is 32.2. The van der Waals surface area contributed by atoms with Gasteiger partial charge in [-0.15, -0.1) is 0 Å². The molecule has 0 bridgehead atoms. The monoisotopic (exact) mass is 302 g/mol. The molecule has 0 heterocycles. The van der Waals surface area contributed by atoms with Crippen LogP contribution in [-0.4, -0.2) is 20.6 Å². The van der Waals surface area contributed by atoms with Crippen LogP contribution < -0.4 is 10.0 Å². The maximum Gasteiger partial charge on any atom is 0.229 e. The molecular formula is C13H19FN2O3S. The summed E-state index contributed by atoms with van der Waals surface area (Å²) >= 11 is 0. The van der Waals surface area contributed by atoms with E-state index in [4.69, 9.17) is 0 Å². The van der Waals surface area contributed by atoms with Crippen molar-refractivity contribution in [3.8, 4) is 0 Å². The van der Waals surface area contributed by atoms with E-state index in [0.717, 1.165) is 18.4 Å². The molecule has 1 rings (SSSR count). The van der Waals surface area contributed by atoms with Crippen LogP contribution in [-0.2, 0) is 14.8 Å². The van der Waals surface area contributed by atoms with Crippen molar-refractivity contribution in [1.29, 1.82) is 0 Å². The number of hydrogen-bond donors (Lipinski definition) is 2. The molecule has 112 valence electrons. The second-order valence-electron chi connectivity index (χ2n) is 4.57. The quantitative estimate of drug-likeness (QED) is 0.848. The standard InChI is InChI=1S/C13H19FN2O3S/c1-4-9(5-2)13(17)15-12-8-10(14)6-7-11(12)16-20(3,18)19/h6-9,16H,4-5H2,1-3H3,(H,15,17). The topological polar surface area (TPSA) is 75.3 Å². The summed E-state index contributed by atoms with van der Waals surface area (Å²) < 4.78 is 38.0. The van der Waals surface area contributed by atoms with E-state index in [1.165, 1.54) is 6.07 Å². The zero-order valence-corrected chi connectivity index (χ0v) is 12.6. The lowest BCUT2D eigenvalue weighted by Crippen LogP contribution is -2.23. The highest BCUT2D eigenvalue weighted by Gasteiger charge is 2.17. The van der Waals surface area contributed by atoms with Crippen LogP contribution in [0.25, 0.3) is 0 Å². The van der Waals surface area contributed by atoms with E-state index in [-0.39, 0.29) is 23.2 Å². The Morgan fingerprint density at radius 3 is 2.35 bits per heavy atom. The summed E-state index contributed by atoms with van der Waals surface area (Å²) in [4.78, 5) is 12.0. The predicted molar refractivity (Wildman–Crippen MR) is 77.6 cm³/mol. The fourth-order valence-corrected chi connectivity index (χ4v) is 2.38. The average molecular weight is 302 g/mol. The molecule has 0 atom stereocenters. The minimum atomic E-state index is -3.50. The summed E-state index contributed by atoms with van der Waals surface area (Å²) in [6.45, 7) is 3.77. The van der Waals surface area contributed by atoms with E-state index in [1.54, 1.807) is 0 Å². The summed E-state index contributed by atoms with van der Waals surface area (Å²) in [6, 6.07) is 3.49. The van der Waals surface area contributed by atoms with Gasteiger partial charge in [-0.3, -0.25) is 9.52 Å². The smallest absolute Gasteiger partial charge is 0.229 e. The molecule has 1 aromatic rings. The van der Waals surface area contributed by atoms with E-state index in [1.807, 2.05) is 13.8 Å².